The van der Waals surface area contributed by atoms with Crippen LogP contribution in [0.5, 0.6) is 0 Å². The first-order valence-electron chi connectivity index (χ1n) is 3.99. The summed E-state index contributed by atoms with van der Waals surface area (Å²) in [5.74, 6) is 0. The quantitative estimate of drug-likeness (QED) is 0.622. The second-order valence-electron chi connectivity index (χ2n) is 3.03. The predicted octanol–water partition coefficient (Wildman–Crippen LogP) is 1.01. The average molecular weight is 142 g/mol. The van der Waals surface area contributed by atoms with Crippen molar-refractivity contribution in [1.82, 2.24) is 4.90 Å². The Kier molecular flexibility index (Phi) is 2.32. The van der Waals surface area contributed by atoms with E-state index in [-0.39, 0.29) is 0 Å². The molecule has 0 aromatic rings. The highest BCUT2D eigenvalue weighted by atomic mass is 16.3. The fourth-order valence-corrected chi connectivity index (χ4v) is 1.36. The van der Waals surface area contributed by atoms with Gasteiger partial charge in [-0.25, -0.2) is 0 Å². The second-order valence-corrected chi connectivity index (χ2v) is 3.03. The lowest BCUT2D eigenvalue weighted by atomic mass is 10.2. The summed E-state index contributed by atoms with van der Waals surface area (Å²) in [7, 11) is 0. The summed E-state index contributed by atoms with van der Waals surface area (Å²) in [6, 6.07) is 0. The molecule has 0 aromatic carbocycles. The van der Waals surface area contributed by atoms with Crippen LogP contribution in [-0.4, -0.2) is 28.8 Å². The molecule has 0 bridgehead atoms. The lowest BCUT2D eigenvalue weighted by Crippen LogP contribution is -2.44. The van der Waals surface area contributed by atoms with Gasteiger partial charge >= 0.3 is 0 Å². The summed E-state index contributed by atoms with van der Waals surface area (Å²) in [5.41, 5.74) is -0.795. The summed E-state index contributed by atoms with van der Waals surface area (Å²) < 4.78 is 0. The van der Waals surface area contributed by atoms with Crippen molar-refractivity contribution in [2.45, 2.75) is 31.9 Å². The highest BCUT2D eigenvalue weighted by Gasteiger charge is 2.28. The molecule has 1 fully saturated rings. The van der Waals surface area contributed by atoms with E-state index in [1.165, 1.54) is 12.8 Å². The van der Waals surface area contributed by atoms with Crippen molar-refractivity contribution in [2.24, 2.45) is 0 Å². The molecule has 0 aliphatic carbocycles. The van der Waals surface area contributed by atoms with E-state index in [1.807, 2.05) is 11.8 Å². The fourth-order valence-electron chi connectivity index (χ4n) is 1.36. The van der Waals surface area contributed by atoms with Gasteiger partial charge in [-0.15, -0.1) is 0 Å². The molecule has 0 spiro atoms. The van der Waals surface area contributed by atoms with Gasteiger partial charge in [0.1, 0.15) is 5.72 Å². The maximum absolute atomic E-state index is 9.64. The molecule has 1 aliphatic rings. The van der Waals surface area contributed by atoms with Gasteiger partial charge in [0.05, 0.1) is 0 Å². The van der Waals surface area contributed by atoms with Crippen molar-refractivity contribution in [1.29, 1.82) is 0 Å². The number of hydrogen-bond donors (Lipinski definition) is 1. The van der Waals surface area contributed by atoms with Crippen molar-refractivity contribution in [3.63, 3.8) is 0 Å². The van der Waals surface area contributed by atoms with E-state index in [9.17, 15) is 5.11 Å². The molecular weight excluding hydrogens is 126 g/mol. The normalized spacial score (nSPS) is 26.7. The zero-order valence-electron chi connectivity index (χ0n) is 6.64. The Labute approximate surface area is 62.8 Å². The molecular formula is C8H16NO. The lowest BCUT2D eigenvalue weighted by molar-refractivity contribution is -0.0601. The van der Waals surface area contributed by atoms with Gasteiger partial charge in [-0.2, -0.15) is 0 Å². The van der Waals surface area contributed by atoms with E-state index in [2.05, 4.69) is 6.92 Å². The Morgan fingerprint density at radius 2 is 2.00 bits per heavy atom. The van der Waals surface area contributed by atoms with Gasteiger partial charge in [-0.3, -0.25) is 4.90 Å². The Balaban J connectivity index is 2.45. The highest BCUT2D eigenvalue weighted by molar-refractivity contribution is 4.83. The smallest absolute Gasteiger partial charge is 0.118 e. The SMILES string of the molecule is [CH2]C(O)(CC)N1CCCC1. The molecule has 0 aromatic heterocycles. The predicted molar refractivity (Wildman–Crippen MR) is 41.4 cm³/mol. The maximum Gasteiger partial charge on any atom is 0.118 e. The molecule has 2 heteroatoms. The third kappa shape index (κ3) is 1.50. The third-order valence-corrected chi connectivity index (χ3v) is 2.26. The zero-order valence-corrected chi connectivity index (χ0v) is 6.64. The lowest BCUT2D eigenvalue weighted by Gasteiger charge is -2.32. The van der Waals surface area contributed by atoms with Crippen LogP contribution in [0.25, 0.3) is 0 Å². The van der Waals surface area contributed by atoms with Gasteiger partial charge in [0.15, 0.2) is 0 Å². The topological polar surface area (TPSA) is 23.5 Å². The van der Waals surface area contributed by atoms with Crippen LogP contribution in [0.2, 0.25) is 0 Å². The minimum atomic E-state index is -0.795. The Morgan fingerprint density at radius 3 is 2.40 bits per heavy atom. The van der Waals surface area contributed by atoms with Crippen molar-refractivity contribution >= 4 is 0 Å². The van der Waals surface area contributed by atoms with Crippen LogP contribution in [0.15, 0.2) is 0 Å². The average Bonchev–Trinajstić information content (AvgIpc) is 2.38. The third-order valence-electron chi connectivity index (χ3n) is 2.26. The molecule has 1 rings (SSSR count). The van der Waals surface area contributed by atoms with E-state index in [4.69, 9.17) is 0 Å². The van der Waals surface area contributed by atoms with Crippen LogP contribution < -0.4 is 0 Å². The minimum Gasteiger partial charge on any atom is -0.376 e. The van der Waals surface area contributed by atoms with Crippen LogP contribution in [0.3, 0.4) is 0 Å². The van der Waals surface area contributed by atoms with Crippen LogP contribution in [0, 0.1) is 6.92 Å². The molecule has 1 saturated heterocycles. The summed E-state index contributed by atoms with van der Waals surface area (Å²) in [6.07, 6.45) is 3.13. The molecule has 1 unspecified atom stereocenters. The zero-order chi connectivity index (χ0) is 7.61. The van der Waals surface area contributed by atoms with Gasteiger partial charge in [-0.1, -0.05) is 6.92 Å². The van der Waals surface area contributed by atoms with E-state index in [0.717, 1.165) is 13.1 Å². The summed E-state index contributed by atoms with van der Waals surface area (Å²) in [4.78, 5) is 2.05. The first-order valence-corrected chi connectivity index (χ1v) is 3.99. The summed E-state index contributed by atoms with van der Waals surface area (Å²) in [6.45, 7) is 7.73. The molecule has 59 valence electrons. The molecule has 1 radical (unpaired) electrons. The first kappa shape index (κ1) is 8.02. The molecule has 10 heavy (non-hydrogen) atoms. The molecule has 1 heterocycles. The van der Waals surface area contributed by atoms with Gasteiger partial charge in [0.2, 0.25) is 0 Å². The standard InChI is InChI=1S/C8H16NO/c1-3-8(2,10)9-6-4-5-7-9/h10H,2-7H2,1H3. The van der Waals surface area contributed by atoms with Gasteiger partial charge < -0.3 is 5.11 Å². The molecule has 2 nitrogen and oxygen atoms in total. The number of aliphatic hydroxyl groups is 1. The maximum atomic E-state index is 9.64. The largest absolute Gasteiger partial charge is 0.376 e. The minimum absolute atomic E-state index is 0.715. The second kappa shape index (κ2) is 2.89. The number of hydrogen-bond acceptors (Lipinski definition) is 2. The highest BCUT2D eigenvalue weighted by Crippen LogP contribution is 2.20. The van der Waals surface area contributed by atoms with Crippen LogP contribution >= 0.6 is 0 Å². The van der Waals surface area contributed by atoms with Gasteiger partial charge in [0.25, 0.3) is 0 Å². The summed E-state index contributed by atoms with van der Waals surface area (Å²) >= 11 is 0. The Morgan fingerprint density at radius 1 is 1.50 bits per heavy atom. The fraction of sp³-hybridized carbons (Fsp3) is 0.875. The van der Waals surface area contributed by atoms with Gasteiger partial charge in [0, 0.05) is 13.1 Å². The Hall–Kier alpha value is -0.0800. The van der Waals surface area contributed by atoms with Gasteiger partial charge in [-0.05, 0) is 26.2 Å². The Bertz CT molecular complexity index is 106. The van der Waals surface area contributed by atoms with Crippen LogP contribution in [0.1, 0.15) is 26.2 Å². The van der Waals surface area contributed by atoms with E-state index in [1.54, 1.807) is 0 Å². The monoisotopic (exact) mass is 142 g/mol. The van der Waals surface area contributed by atoms with E-state index in [0.29, 0.717) is 6.42 Å². The van der Waals surface area contributed by atoms with E-state index >= 15 is 0 Å². The van der Waals surface area contributed by atoms with Crippen molar-refractivity contribution in [2.75, 3.05) is 13.1 Å². The molecule has 1 aliphatic heterocycles. The van der Waals surface area contributed by atoms with Crippen molar-refractivity contribution < 1.29 is 5.11 Å². The molecule has 0 saturated carbocycles. The number of likely N-dealkylation sites (tertiary alicyclic amines) is 1. The number of rotatable bonds is 2. The van der Waals surface area contributed by atoms with Crippen molar-refractivity contribution in [3.05, 3.63) is 6.92 Å². The summed E-state index contributed by atoms with van der Waals surface area (Å²) in [5, 5.41) is 9.64. The van der Waals surface area contributed by atoms with Crippen LogP contribution in [0.4, 0.5) is 0 Å². The molecule has 1 atom stereocenters. The molecule has 1 N–H and O–H groups in total. The van der Waals surface area contributed by atoms with Crippen LogP contribution in [-0.2, 0) is 0 Å². The number of nitrogens with zero attached hydrogens (tertiary/aromatic N) is 1. The first-order chi connectivity index (χ1) is 4.67. The van der Waals surface area contributed by atoms with E-state index < -0.39 is 5.72 Å². The van der Waals surface area contributed by atoms with Crippen molar-refractivity contribution in [3.8, 4) is 0 Å². The molecule has 0 amide bonds.